The summed E-state index contributed by atoms with van der Waals surface area (Å²) in [6, 6.07) is 1.47. The van der Waals surface area contributed by atoms with Crippen LogP contribution in [0, 0.1) is 0 Å². The molecule has 1 aromatic rings. The minimum atomic E-state index is -0.0700. The van der Waals surface area contributed by atoms with Gasteiger partial charge in [-0.1, -0.05) is 11.8 Å². The molecule has 0 unspecified atom stereocenters. The Morgan fingerprint density at radius 1 is 1.44 bits per heavy atom. The number of hydrogen-bond acceptors (Lipinski definition) is 2. The average Bonchev–Trinajstić information content (AvgIpc) is 1.64. The van der Waals surface area contributed by atoms with Crippen LogP contribution < -0.4 is 63.3 Å². The molecule has 0 atom stereocenters. The first-order valence-electron chi connectivity index (χ1n) is 2.06. The molecule has 0 amide bonds. The largest absolute Gasteiger partial charge is 1.00 e. The molecule has 2 nitrogen and oxygen atoms in total. The Bertz CT molecular complexity index is 177. The smallest absolute Gasteiger partial charge is 0.871 e. The predicted octanol–water partition coefficient (Wildman–Crippen LogP) is -2.08. The van der Waals surface area contributed by atoms with E-state index in [2.05, 4.69) is 20.9 Å². The summed E-state index contributed by atoms with van der Waals surface area (Å²) in [6.45, 7) is 0. The van der Waals surface area contributed by atoms with Crippen molar-refractivity contribution in [3.8, 4) is 5.75 Å². The van der Waals surface area contributed by atoms with Gasteiger partial charge in [0.1, 0.15) is 0 Å². The van der Waals surface area contributed by atoms with Crippen molar-refractivity contribution in [2.45, 2.75) is 0 Å². The SMILES string of the molecule is [O-]c1cncc(Br)c1.[Rb+]. The van der Waals surface area contributed by atoms with Crippen molar-refractivity contribution >= 4 is 15.9 Å². The molecule has 0 N–H and O–H groups in total. The van der Waals surface area contributed by atoms with Gasteiger partial charge in [-0.3, -0.25) is 4.98 Å². The molecule has 0 aliphatic rings. The van der Waals surface area contributed by atoms with Gasteiger partial charge >= 0.3 is 58.2 Å². The third kappa shape index (κ3) is 3.83. The minimum Gasteiger partial charge on any atom is -0.871 e. The quantitative estimate of drug-likeness (QED) is 0.536. The number of halogens is 1. The maximum Gasteiger partial charge on any atom is 1.00 e. The second-order valence-electron chi connectivity index (χ2n) is 1.34. The molecule has 0 fully saturated rings. The van der Waals surface area contributed by atoms with E-state index in [-0.39, 0.29) is 63.9 Å². The van der Waals surface area contributed by atoms with Crippen molar-refractivity contribution in [3.63, 3.8) is 0 Å². The molecule has 0 aromatic carbocycles. The summed E-state index contributed by atoms with van der Waals surface area (Å²) in [5.74, 6) is -0.0700. The first-order valence-corrected chi connectivity index (χ1v) is 2.86. The maximum atomic E-state index is 10.4. The van der Waals surface area contributed by atoms with E-state index < -0.39 is 0 Å². The van der Waals surface area contributed by atoms with E-state index in [0.717, 1.165) is 4.47 Å². The third-order valence-electron chi connectivity index (χ3n) is 0.680. The standard InChI is InChI=1S/C5H4BrNO.Rb/c6-4-1-5(8)3-7-2-4;/h1-3,8H;/q;+1/p-1. The van der Waals surface area contributed by atoms with E-state index in [1.54, 1.807) is 6.20 Å². The van der Waals surface area contributed by atoms with E-state index in [9.17, 15) is 5.11 Å². The molecule has 1 rings (SSSR count). The van der Waals surface area contributed by atoms with Gasteiger partial charge in [0.2, 0.25) is 0 Å². The Hall–Kier alpha value is 1.24. The van der Waals surface area contributed by atoms with Crippen LogP contribution in [0.3, 0.4) is 0 Å². The van der Waals surface area contributed by atoms with Crippen molar-refractivity contribution in [3.05, 3.63) is 22.9 Å². The molecule has 4 heteroatoms. The fraction of sp³-hybridized carbons (Fsp3) is 0. The Kier molecular flexibility index (Phi) is 5.64. The first-order chi connectivity index (χ1) is 3.79. The molecule has 0 saturated heterocycles. The zero-order valence-corrected chi connectivity index (χ0v) is 11.5. The van der Waals surface area contributed by atoms with Gasteiger partial charge in [0.25, 0.3) is 0 Å². The van der Waals surface area contributed by atoms with Crippen molar-refractivity contribution in [2.24, 2.45) is 0 Å². The molecule has 1 heterocycles. The molecule has 1 aromatic heterocycles. The molecular weight excluding hydrogens is 255 g/mol. The van der Waals surface area contributed by atoms with Gasteiger partial charge in [-0.05, 0) is 15.9 Å². The van der Waals surface area contributed by atoms with Crippen LogP contribution in [0.1, 0.15) is 0 Å². The van der Waals surface area contributed by atoms with Gasteiger partial charge in [0.05, 0.1) is 0 Å². The van der Waals surface area contributed by atoms with Crippen LogP contribution >= 0.6 is 15.9 Å². The fourth-order valence-corrected chi connectivity index (χ4v) is 0.736. The van der Waals surface area contributed by atoms with Crippen molar-refractivity contribution in [1.29, 1.82) is 0 Å². The molecule has 42 valence electrons. The molecule has 0 radical (unpaired) electrons. The summed E-state index contributed by atoms with van der Waals surface area (Å²) in [4.78, 5) is 3.62. The monoisotopic (exact) mass is 257 g/mol. The first kappa shape index (κ1) is 10.2. The summed E-state index contributed by atoms with van der Waals surface area (Å²) in [7, 11) is 0. The fourth-order valence-electron chi connectivity index (χ4n) is 0.392. The summed E-state index contributed by atoms with van der Waals surface area (Å²) < 4.78 is 0.727. The number of hydrogen-bond donors (Lipinski definition) is 0. The minimum absolute atomic E-state index is 0. The normalized spacial score (nSPS) is 8.11. The number of rotatable bonds is 0. The molecule has 0 aliphatic carbocycles. The van der Waals surface area contributed by atoms with Crippen LogP contribution in [-0.2, 0) is 0 Å². The third-order valence-corrected chi connectivity index (χ3v) is 1.11. The Morgan fingerprint density at radius 3 is 2.44 bits per heavy atom. The van der Waals surface area contributed by atoms with Gasteiger partial charge in [0.15, 0.2) is 0 Å². The molecule has 0 aliphatic heterocycles. The summed E-state index contributed by atoms with van der Waals surface area (Å²) in [5, 5.41) is 10.4. The van der Waals surface area contributed by atoms with E-state index in [4.69, 9.17) is 0 Å². The predicted molar refractivity (Wildman–Crippen MR) is 31.4 cm³/mol. The Labute approximate surface area is 111 Å². The van der Waals surface area contributed by atoms with E-state index in [0.29, 0.717) is 0 Å². The van der Waals surface area contributed by atoms with Crippen LogP contribution in [0.4, 0.5) is 0 Å². The summed E-state index contributed by atoms with van der Waals surface area (Å²) >= 11 is 3.10. The molecular formula is C5H3BrNORb. The maximum absolute atomic E-state index is 10.4. The van der Waals surface area contributed by atoms with Crippen LogP contribution in [0.25, 0.3) is 0 Å². The van der Waals surface area contributed by atoms with E-state index in [1.165, 1.54) is 12.3 Å². The summed E-state index contributed by atoms with van der Waals surface area (Å²) in [5.41, 5.74) is 0. The van der Waals surface area contributed by atoms with Crippen molar-refractivity contribution < 1.29 is 63.3 Å². The van der Waals surface area contributed by atoms with Crippen LogP contribution in [0.15, 0.2) is 22.9 Å². The van der Waals surface area contributed by atoms with Crippen LogP contribution in [0.5, 0.6) is 5.75 Å². The zero-order chi connectivity index (χ0) is 5.98. The van der Waals surface area contributed by atoms with Crippen molar-refractivity contribution in [1.82, 2.24) is 4.98 Å². The van der Waals surface area contributed by atoms with Crippen molar-refractivity contribution in [2.75, 3.05) is 0 Å². The molecule has 9 heavy (non-hydrogen) atoms. The number of nitrogens with zero attached hydrogens (tertiary/aromatic N) is 1. The Balaban J connectivity index is 0.000000640. The zero-order valence-electron chi connectivity index (χ0n) is 4.97. The van der Waals surface area contributed by atoms with Crippen LogP contribution in [0.2, 0.25) is 0 Å². The summed E-state index contributed by atoms with van der Waals surface area (Å²) in [6.07, 6.45) is 2.84. The van der Waals surface area contributed by atoms with E-state index in [1.807, 2.05) is 0 Å². The van der Waals surface area contributed by atoms with Gasteiger partial charge in [-0.15, -0.1) is 0 Å². The van der Waals surface area contributed by atoms with Crippen LogP contribution in [-0.4, -0.2) is 4.98 Å². The van der Waals surface area contributed by atoms with Gasteiger partial charge in [-0.25, -0.2) is 0 Å². The topological polar surface area (TPSA) is 36.0 Å². The van der Waals surface area contributed by atoms with Gasteiger partial charge < -0.3 is 5.11 Å². The molecule has 0 saturated carbocycles. The number of aromatic nitrogens is 1. The molecule has 0 spiro atoms. The second kappa shape index (κ2) is 4.96. The van der Waals surface area contributed by atoms with Gasteiger partial charge in [0, 0.05) is 16.9 Å². The molecule has 0 bridgehead atoms. The Morgan fingerprint density at radius 2 is 2.11 bits per heavy atom. The number of pyridine rings is 1. The van der Waals surface area contributed by atoms with E-state index >= 15 is 0 Å². The average molecular weight is 258 g/mol. The second-order valence-corrected chi connectivity index (χ2v) is 2.25. The van der Waals surface area contributed by atoms with Gasteiger partial charge in [-0.2, -0.15) is 0 Å².